The Balaban J connectivity index is 2.64. The highest BCUT2D eigenvalue weighted by molar-refractivity contribution is 7.71. The number of fused-ring (bicyclic) bond motifs is 1. The van der Waals surface area contributed by atoms with Crippen LogP contribution in [0.5, 0.6) is 0 Å². The Hall–Kier alpha value is -0.800. The number of hydrogen-bond acceptors (Lipinski definition) is 1. The van der Waals surface area contributed by atoms with Crippen LogP contribution in [0.4, 0.5) is 0 Å². The molecule has 2 rings (SSSR count). The van der Waals surface area contributed by atoms with Gasteiger partial charge in [0.15, 0.2) is 4.77 Å². The van der Waals surface area contributed by atoms with Crippen molar-refractivity contribution in [3.63, 3.8) is 0 Å². The molecular weight excluding hydrogens is 252 g/mol. The number of para-hydroxylation sites is 1. The molecule has 1 aromatic carbocycles. The Labute approximate surface area is 112 Å². The highest BCUT2D eigenvalue weighted by Crippen LogP contribution is 2.28. The van der Waals surface area contributed by atoms with Crippen molar-refractivity contribution in [1.29, 1.82) is 0 Å². The number of aromatic nitrogens is 2. The van der Waals surface area contributed by atoms with Gasteiger partial charge >= 0.3 is 0 Å². The predicted molar refractivity (Wildman–Crippen MR) is 76.4 cm³/mol. The first-order valence-electron chi connectivity index (χ1n) is 6.07. The Bertz CT molecular complexity index is 570. The summed E-state index contributed by atoms with van der Waals surface area (Å²) >= 11 is 11.6. The Morgan fingerprint density at radius 2 is 2.18 bits per heavy atom. The maximum atomic E-state index is 6.18. The molecule has 2 nitrogen and oxygen atoms in total. The zero-order valence-corrected chi connectivity index (χ0v) is 11.7. The van der Waals surface area contributed by atoms with Crippen molar-refractivity contribution >= 4 is 34.9 Å². The number of benzene rings is 1. The molecule has 1 atom stereocenters. The lowest BCUT2D eigenvalue weighted by molar-refractivity contribution is 0.454. The van der Waals surface area contributed by atoms with Crippen molar-refractivity contribution in [3.05, 3.63) is 28.0 Å². The first-order chi connectivity index (χ1) is 8.19. The minimum absolute atomic E-state index is 0.458. The molecule has 0 fully saturated rings. The summed E-state index contributed by atoms with van der Waals surface area (Å²) in [6.45, 7) is 4.40. The van der Waals surface area contributed by atoms with E-state index in [1.54, 1.807) is 0 Å². The number of H-pyrrole nitrogens is 1. The van der Waals surface area contributed by atoms with E-state index in [0.717, 1.165) is 40.1 Å². The molecule has 0 aliphatic heterocycles. The predicted octanol–water partition coefficient (Wildman–Crippen LogP) is 5.10. The fourth-order valence-electron chi connectivity index (χ4n) is 2.33. The van der Waals surface area contributed by atoms with E-state index in [1.165, 1.54) is 0 Å². The Morgan fingerprint density at radius 3 is 2.82 bits per heavy atom. The molecule has 92 valence electrons. The third-order valence-corrected chi connectivity index (χ3v) is 3.77. The quantitative estimate of drug-likeness (QED) is 0.765. The molecule has 1 N–H and O–H groups in total. The first kappa shape index (κ1) is 12.7. The molecule has 1 unspecified atom stereocenters. The third kappa shape index (κ3) is 2.26. The van der Waals surface area contributed by atoms with Crippen molar-refractivity contribution in [2.75, 3.05) is 0 Å². The standard InChI is InChI=1S/C13H17ClN2S/c1-3-6-9(4-2)16-11-8-5-7-10(14)12(11)15-13(16)17/h5,7-9H,3-4,6H2,1-2H3,(H,15,17). The van der Waals surface area contributed by atoms with E-state index >= 15 is 0 Å². The van der Waals surface area contributed by atoms with Crippen LogP contribution in [-0.4, -0.2) is 9.55 Å². The molecule has 0 aliphatic carbocycles. The maximum Gasteiger partial charge on any atom is 0.178 e. The number of aromatic amines is 1. The topological polar surface area (TPSA) is 20.7 Å². The van der Waals surface area contributed by atoms with E-state index in [2.05, 4.69) is 29.5 Å². The van der Waals surface area contributed by atoms with E-state index < -0.39 is 0 Å². The van der Waals surface area contributed by atoms with Gasteiger partial charge in [0.25, 0.3) is 0 Å². The number of imidazole rings is 1. The zero-order chi connectivity index (χ0) is 12.4. The largest absolute Gasteiger partial charge is 0.329 e. The van der Waals surface area contributed by atoms with E-state index in [-0.39, 0.29) is 0 Å². The summed E-state index contributed by atoms with van der Waals surface area (Å²) in [7, 11) is 0. The number of rotatable bonds is 4. The van der Waals surface area contributed by atoms with Crippen LogP contribution in [-0.2, 0) is 0 Å². The fraction of sp³-hybridized carbons (Fsp3) is 0.462. The lowest BCUT2D eigenvalue weighted by Crippen LogP contribution is -2.07. The summed E-state index contributed by atoms with van der Waals surface area (Å²) in [6, 6.07) is 6.40. The van der Waals surface area contributed by atoms with Gasteiger partial charge in [0.05, 0.1) is 16.1 Å². The van der Waals surface area contributed by atoms with Gasteiger partial charge < -0.3 is 9.55 Å². The highest BCUT2D eigenvalue weighted by atomic mass is 35.5. The Morgan fingerprint density at radius 1 is 1.41 bits per heavy atom. The molecule has 0 saturated heterocycles. The summed E-state index contributed by atoms with van der Waals surface area (Å²) in [6.07, 6.45) is 3.39. The van der Waals surface area contributed by atoms with E-state index in [9.17, 15) is 0 Å². The molecular formula is C13H17ClN2S. The van der Waals surface area contributed by atoms with Crippen LogP contribution in [0, 0.1) is 4.77 Å². The lowest BCUT2D eigenvalue weighted by atomic mass is 10.1. The smallest absolute Gasteiger partial charge is 0.178 e. The molecule has 2 aromatic rings. The van der Waals surface area contributed by atoms with Crippen molar-refractivity contribution in [2.45, 2.75) is 39.2 Å². The second-order valence-corrected chi connectivity index (χ2v) is 5.08. The molecule has 1 aromatic heterocycles. The molecule has 0 aliphatic rings. The minimum atomic E-state index is 0.458. The molecule has 0 bridgehead atoms. The lowest BCUT2D eigenvalue weighted by Gasteiger charge is -2.16. The zero-order valence-electron chi connectivity index (χ0n) is 10.2. The Kier molecular flexibility index (Phi) is 3.89. The van der Waals surface area contributed by atoms with Crippen LogP contribution in [0.3, 0.4) is 0 Å². The molecule has 4 heteroatoms. The monoisotopic (exact) mass is 268 g/mol. The second-order valence-electron chi connectivity index (χ2n) is 4.28. The van der Waals surface area contributed by atoms with Gasteiger partial charge in [0.1, 0.15) is 0 Å². The molecule has 1 heterocycles. The van der Waals surface area contributed by atoms with Crippen molar-refractivity contribution in [3.8, 4) is 0 Å². The summed E-state index contributed by atoms with van der Waals surface area (Å²) in [4.78, 5) is 3.21. The van der Waals surface area contributed by atoms with Crippen LogP contribution in [0.25, 0.3) is 11.0 Å². The van der Waals surface area contributed by atoms with E-state index in [4.69, 9.17) is 23.8 Å². The van der Waals surface area contributed by atoms with Gasteiger partial charge in [-0.25, -0.2) is 0 Å². The van der Waals surface area contributed by atoms with Crippen molar-refractivity contribution in [1.82, 2.24) is 9.55 Å². The fourth-order valence-corrected chi connectivity index (χ4v) is 2.89. The van der Waals surface area contributed by atoms with E-state index in [1.807, 2.05) is 12.1 Å². The third-order valence-electron chi connectivity index (χ3n) is 3.16. The number of hydrogen-bond donors (Lipinski definition) is 1. The van der Waals surface area contributed by atoms with Crippen molar-refractivity contribution < 1.29 is 0 Å². The van der Waals surface area contributed by atoms with Crippen LogP contribution < -0.4 is 0 Å². The summed E-state index contributed by atoms with van der Waals surface area (Å²) in [5, 5.41) is 0.735. The average molecular weight is 269 g/mol. The van der Waals surface area contributed by atoms with Crippen molar-refractivity contribution in [2.24, 2.45) is 0 Å². The number of nitrogens with zero attached hydrogens (tertiary/aromatic N) is 1. The second kappa shape index (κ2) is 5.23. The minimum Gasteiger partial charge on any atom is -0.329 e. The van der Waals surface area contributed by atoms with Gasteiger partial charge in [-0.3, -0.25) is 0 Å². The summed E-state index contributed by atoms with van der Waals surface area (Å²) < 4.78 is 2.98. The van der Waals surface area contributed by atoms with Gasteiger partial charge in [0.2, 0.25) is 0 Å². The summed E-state index contributed by atoms with van der Waals surface area (Å²) in [5.74, 6) is 0. The number of nitrogens with one attached hydrogen (secondary N) is 1. The molecule has 0 saturated carbocycles. The van der Waals surface area contributed by atoms with Crippen LogP contribution in [0.15, 0.2) is 18.2 Å². The normalized spacial score (nSPS) is 13.1. The summed E-state index contributed by atoms with van der Waals surface area (Å²) in [5.41, 5.74) is 2.07. The maximum absolute atomic E-state index is 6.18. The van der Waals surface area contributed by atoms with Gasteiger partial charge in [-0.2, -0.15) is 0 Å². The van der Waals surface area contributed by atoms with Crippen LogP contribution in [0.2, 0.25) is 5.02 Å². The first-order valence-corrected chi connectivity index (χ1v) is 6.86. The van der Waals surface area contributed by atoms with Gasteiger partial charge in [-0.15, -0.1) is 0 Å². The van der Waals surface area contributed by atoms with Crippen LogP contribution in [0.1, 0.15) is 39.2 Å². The molecule has 0 amide bonds. The molecule has 0 spiro atoms. The van der Waals surface area contributed by atoms with Gasteiger partial charge in [0, 0.05) is 6.04 Å². The van der Waals surface area contributed by atoms with Gasteiger partial charge in [-0.1, -0.05) is 37.9 Å². The number of halogens is 1. The highest BCUT2D eigenvalue weighted by Gasteiger charge is 2.14. The van der Waals surface area contributed by atoms with Gasteiger partial charge in [-0.05, 0) is 37.2 Å². The van der Waals surface area contributed by atoms with E-state index in [0.29, 0.717) is 6.04 Å². The average Bonchev–Trinajstić information content (AvgIpc) is 2.64. The van der Waals surface area contributed by atoms with Crippen LogP contribution >= 0.6 is 23.8 Å². The molecule has 0 radical (unpaired) electrons. The SMILES string of the molecule is CCCC(CC)n1c(=S)[nH]c2c(Cl)cccc21. The molecule has 17 heavy (non-hydrogen) atoms.